The smallest absolute Gasteiger partial charge is 0.311 e. The topological polar surface area (TPSA) is 26.3 Å². The van der Waals surface area contributed by atoms with Crippen molar-refractivity contribution in [3.8, 4) is 5.75 Å². The summed E-state index contributed by atoms with van der Waals surface area (Å²) < 4.78 is 30.3. The van der Waals surface area contributed by atoms with Crippen molar-refractivity contribution in [1.82, 2.24) is 0 Å². The number of halogens is 2. The fraction of sp³-hybridized carbons (Fsp3) is 0.136. The van der Waals surface area contributed by atoms with Crippen LogP contribution in [0.2, 0.25) is 0 Å². The third-order valence-electron chi connectivity index (χ3n) is 3.29. The molecule has 0 amide bonds. The summed E-state index contributed by atoms with van der Waals surface area (Å²) >= 11 is 1.47. The number of para-hydroxylation sites is 1. The van der Waals surface area contributed by atoms with Crippen molar-refractivity contribution in [2.24, 2.45) is 0 Å². The molecule has 0 atom stereocenters. The lowest BCUT2D eigenvalue weighted by Gasteiger charge is -2.01. The first kappa shape index (κ1) is 20.6. The third-order valence-corrected chi connectivity index (χ3v) is 4.31. The van der Waals surface area contributed by atoms with Gasteiger partial charge in [0.1, 0.15) is 17.4 Å². The summed E-state index contributed by atoms with van der Waals surface area (Å²) in [4.78, 5) is 12.9. The number of ether oxygens (including phenoxy) is 1. The van der Waals surface area contributed by atoms with Crippen molar-refractivity contribution in [3.05, 3.63) is 90.5 Å². The molecule has 5 heteroatoms. The van der Waals surface area contributed by atoms with Gasteiger partial charge in [-0.15, -0.1) is 0 Å². The predicted octanol–water partition coefficient (Wildman–Crippen LogP) is 6.51. The molecule has 0 aromatic heterocycles. The van der Waals surface area contributed by atoms with E-state index in [1.54, 1.807) is 36.4 Å². The highest BCUT2D eigenvalue weighted by Crippen LogP contribution is 2.27. The van der Waals surface area contributed by atoms with Crippen LogP contribution in [0.15, 0.2) is 88.7 Å². The lowest BCUT2D eigenvalue weighted by atomic mass is 10.3. The maximum Gasteiger partial charge on any atom is 0.311 e. The second-order valence-electron chi connectivity index (χ2n) is 5.55. The van der Waals surface area contributed by atoms with E-state index in [4.69, 9.17) is 4.74 Å². The number of rotatable bonds is 5. The van der Waals surface area contributed by atoms with E-state index in [0.717, 1.165) is 16.2 Å². The van der Waals surface area contributed by atoms with Crippen LogP contribution in [0.5, 0.6) is 5.75 Å². The first-order valence-electron chi connectivity index (χ1n) is 8.51. The molecule has 140 valence electrons. The maximum atomic E-state index is 12.6. The standard InChI is InChI=1S/C12H8F2S.C10H12O2/c13-9-1-5-11(6-2-9)15-12-7-3-10(14)4-8-12;1-2-6-10(11)12-9-7-4-3-5-8-9/h1-8H;3-5,7-8H,2,6H2,1H3. The minimum absolute atomic E-state index is 0.163. The average molecular weight is 386 g/mol. The number of carbonyl (C=O) groups is 1. The molecule has 0 bridgehead atoms. The quantitative estimate of drug-likeness (QED) is 0.369. The van der Waals surface area contributed by atoms with Crippen LogP contribution in [0.4, 0.5) is 8.78 Å². The minimum Gasteiger partial charge on any atom is -0.427 e. The number of carbonyl (C=O) groups excluding carboxylic acids is 1. The average Bonchev–Trinajstić information content (AvgIpc) is 2.67. The molecule has 0 heterocycles. The summed E-state index contributed by atoms with van der Waals surface area (Å²) in [6.45, 7) is 1.95. The molecular formula is C22H20F2O2S. The van der Waals surface area contributed by atoms with Crippen molar-refractivity contribution < 1.29 is 18.3 Å². The van der Waals surface area contributed by atoms with Crippen LogP contribution in [0.1, 0.15) is 19.8 Å². The van der Waals surface area contributed by atoms with Gasteiger partial charge in [-0.25, -0.2) is 8.78 Å². The second-order valence-corrected chi connectivity index (χ2v) is 6.69. The Morgan fingerprint density at radius 1 is 0.815 bits per heavy atom. The van der Waals surface area contributed by atoms with E-state index in [9.17, 15) is 13.6 Å². The van der Waals surface area contributed by atoms with Gasteiger partial charge in [0.15, 0.2) is 0 Å². The molecule has 3 aromatic rings. The molecule has 0 fully saturated rings. The summed E-state index contributed by atoms with van der Waals surface area (Å²) in [6.07, 6.45) is 1.31. The zero-order valence-corrected chi connectivity index (χ0v) is 15.7. The highest BCUT2D eigenvalue weighted by atomic mass is 32.2. The van der Waals surface area contributed by atoms with Crippen molar-refractivity contribution in [1.29, 1.82) is 0 Å². The first-order valence-corrected chi connectivity index (χ1v) is 9.33. The van der Waals surface area contributed by atoms with E-state index in [1.807, 2.05) is 25.1 Å². The van der Waals surface area contributed by atoms with Crippen LogP contribution in [0.3, 0.4) is 0 Å². The molecule has 0 N–H and O–H groups in total. The molecule has 0 aliphatic carbocycles. The Balaban J connectivity index is 0.000000199. The Bertz CT molecular complexity index is 776. The van der Waals surface area contributed by atoms with Crippen LogP contribution in [0.25, 0.3) is 0 Å². The molecule has 0 spiro atoms. The van der Waals surface area contributed by atoms with Crippen LogP contribution < -0.4 is 4.74 Å². The highest BCUT2D eigenvalue weighted by Gasteiger charge is 2.01. The van der Waals surface area contributed by atoms with E-state index in [0.29, 0.717) is 12.2 Å². The first-order chi connectivity index (χ1) is 13.1. The Labute approximate surface area is 162 Å². The zero-order valence-electron chi connectivity index (χ0n) is 14.9. The van der Waals surface area contributed by atoms with Gasteiger partial charge >= 0.3 is 5.97 Å². The number of hydrogen-bond donors (Lipinski definition) is 0. The molecule has 3 rings (SSSR count). The SMILES string of the molecule is CCCC(=O)Oc1ccccc1.Fc1ccc(Sc2ccc(F)cc2)cc1. The minimum atomic E-state index is -0.251. The van der Waals surface area contributed by atoms with Gasteiger partial charge < -0.3 is 4.74 Å². The lowest BCUT2D eigenvalue weighted by Crippen LogP contribution is -2.06. The highest BCUT2D eigenvalue weighted by molar-refractivity contribution is 7.99. The van der Waals surface area contributed by atoms with Crippen LogP contribution in [0, 0.1) is 11.6 Å². The molecule has 2 nitrogen and oxygen atoms in total. The van der Waals surface area contributed by atoms with E-state index < -0.39 is 0 Å². The van der Waals surface area contributed by atoms with Gasteiger partial charge in [-0.3, -0.25) is 4.79 Å². The number of benzene rings is 3. The molecule has 0 saturated carbocycles. The monoisotopic (exact) mass is 386 g/mol. The van der Waals surface area contributed by atoms with Crippen LogP contribution in [-0.2, 0) is 4.79 Å². The number of hydrogen-bond acceptors (Lipinski definition) is 3. The van der Waals surface area contributed by atoms with E-state index in [-0.39, 0.29) is 17.6 Å². The van der Waals surface area contributed by atoms with Gasteiger partial charge in [-0.05, 0) is 67.1 Å². The van der Waals surface area contributed by atoms with Crippen LogP contribution in [-0.4, -0.2) is 5.97 Å². The van der Waals surface area contributed by atoms with Gasteiger partial charge in [0.25, 0.3) is 0 Å². The maximum absolute atomic E-state index is 12.6. The summed E-state index contributed by atoms with van der Waals surface area (Å²) in [5.74, 6) is -0.0448. The molecule has 3 aromatic carbocycles. The van der Waals surface area contributed by atoms with Gasteiger partial charge in [-0.1, -0.05) is 36.9 Å². The van der Waals surface area contributed by atoms with Crippen LogP contribution >= 0.6 is 11.8 Å². The van der Waals surface area contributed by atoms with Gasteiger partial charge in [0.2, 0.25) is 0 Å². The van der Waals surface area contributed by atoms with Crippen molar-refractivity contribution >= 4 is 17.7 Å². The largest absolute Gasteiger partial charge is 0.427 e. The lowest BCUT2D eigenvalue weighted by molar-refractivity contribution is -0.134. The molecule has 0 radical (unpaired) electrons. The van der Waals surface area contributed by atoms with Gasteiger partial charge in [0, 0.05) is 16.2 Å². The molecule has 0 unspecified atom stereocenters. The summed E-state index contributed by atoms with van der Waals surface area (Å²) in [7, 11) is 0. The fourth-order valence-electron chi connectivity index (χ4n) is 2.02. The molecule has 0 aliphatic heterocycles. The Hall–Kier alpha value is -2.66. The Morgan fingerprint density at radius 3 is 1.74 bits per heavy atom. The summed E-state index contributed by atoms with van der Waals surface area (Å²) in [6, 6.07) is 21.5. The molecule has 0 saturated heterocycles. The van der Waals surface area contributed by atoms with Crippen molar-refractivity contribution in [3.63, 3.8) is 0 Å². The second kappa shape index (κ2) is 11.1. The third kappa shape index (κ3) is 8.05. The van der Waals surface area contributed by atoms with Crippen molar-refractivity contribution in [2.75, 3.05) is 0 Å². The zero-order chi connectivity index (χ0) is 19.5. The Morgan fingerprint density at radius 2 is 1.30 bits per heavy atom. The van der Waals surface area contributed by atoms with E-state index >= 15 is 0 Å². The van der Waals surface area contributed by atoms with Gasteiger partial charge in [0.05, 0.1) is 0 Å². The van der Waals surface area contributed by atoms with Gasteiger partial charge in [-0.2, -0.15) is 0 Å². The molecular weight excluding hydrogens is 366 g/mol. The number of esters is 1. The molecule has 27 heavy (non-hydrogen) atoms. The summed E-state index contributed by atoms with van der Waals surface area (Å²) in [5.41, 5.74) is 0. The van der Waals surface area contributed by atoms with E-state index in [2.05, 4.69) is 0 Å². The summed E-state index contributed by atoms with van der Waals surface area (Å²) in [5, 5.41) is 0. The Kier molecular flexibility index (Phi) is 8.52. The van der Waals surface area contributed by atoms with E-state index in [1.165, 1.54) is 36.0 Å². The van der Waals surface area contributed by atoms with Crippen molar-refractivity contribution in [2.45, 2.75) is 29.6 Å². The predicted molar refractivity (Wildman–Crippen MR) is 104 cm³/mol. The fourth-order valence-corrected chi connectivity index (χ4v) is 2.83. The molecule has 0 aliphatic rings. The normalized spacial score (nSPS) is 9.89.